The molecule has 2 N–H and O–H groups in total. The van der Waals surface area contributed by atoms with E-state index in [1.165, 1.54) is 6.20 Å². The molecule has 0 aliphatic rings. The molecule has 7 nitrogen and oxygen atoms in total. The highest BCUT2D eigenvalue weighted by Crippen LogP contribution is 3.02. The first kappa shape index (κ1) is 23.1. The molecular formula is C17H13F7N6OS. The average Bonchev–Trinajstić information content (AvgIpc) is 3.18. The van der Waals surface area contributed by atoms with Crippen LogP contribution in [0.3, 0.4) is 0 Å². The molecule has 1 amide bonds. The molecule has 3 rings (SSSR count). The zero-order valence-corrected chi connectivity index (χ0v) is 16.4. The smallest absolute Gasteiger partial charge is 0.282 e. The number of anilines is 1. The Kier molecular flexibility index (Phi) is 5.41. The van der Waals surface area contributed by atoms with E-state index < -0.39 is 44.4 Å². The Bertz CT molecular complexity index is 1170. The van der Waals surface area contributed by atoms with Crippen molar-refractivity contribution in [1.29, 1.82) is 0 Å². The van der Waals surface area contributed by atoms with Gasteiger partial charge >= 0.3 is 10.2 Å². The van der Waals surface area contributed by atoms with E-state index in [9.17, 15) is 33.0 Å². The molecule has 0 bridgehead atoms. The number of carbonyl (C=O) groups is 1. The molecule has 15 heteroatoms. The third kappa shape index (κ3) is 5.96. The molecule has 0 saturated heterocycles. The van der Waals surface area contributed by atoms with E-state index in [-0.39, 0.29) is 12.1 Å². The molecule has 32 heavy (non-hydrogen) atoms. The van der Waals surface area contributed by atoms with Crippen LogP contribution in [0.15, 0.2) is 59.9 Å². The Labute approximate surface area is 175 Å². The Morgan fingerprint density at radius 3 is 2.44 bits per heavy atom. The largest absolute Gasteiger partial charge is 0.310 e. The zero-order chi connectivity index (χ0) is 23.6. The van der Waals surface area contributed by atoms with Crippen LogP contribution >= 0.6 is 10.2 Å². The fourth-order valence-corrected chi connectivity index (χ4v) is 3.04. The van der Waals surface area contributed by atoms with Crippen LogP contribution in [0.25, 0.3) is 17.6 Å². The second kappa shape index (κ2) is 7.51. The summed E-state index contributed by atoms with van der Waals surface area (Å²) < 4.78 is 92.5. The summed E-state index contributed by atoms with van der Waals surface area (Å²) in [5, 5.41) is 3.70. The summed E-state index contributed by atoms with van der Waals surface area (Å²) in [6.07, 6.45) is 0.996. The van der Waals surface area contributed by atoms with Crippen molar-refractivity contribution in [3.05, 3.63) is 60.6 Å². The fourth-order valence-electron chi connectivity index (χ4n) is 2.33. The van der Waals surface area contributed by atoms with Gasteiger partial charge in [0.05, 0.1) is 0 Å². The van der Waals surface area contributed by atoms with Gasteiger partial charge in [0.2, 0.25) is 0 Å². The van der Waals surface area contributed by atoms with E-state index in [1.54, 1.807) is 18.2 Å². The Balaban J connectivity index is 1.81. The number of carbonyl (C=O) groups excluding carboxylic acids is 1. The second-order valence-electron chi connectivity index (χ2n) is 6.25. The lowest BCUT2D eigenvalue weighted by Gasteiger charge is -2.40. The number of hydrogen-bond acceptors (Lipinski definition) is 5. The number of nitrogens with one attached hydrogen (secondary N) is 2. The molecule has 2 heterocycles. The lowest BCUT2D eigenvalue weighted by molar-refractivity contribution is -0.116. The molecule has 3 aromatic rings. The van der Waals surface area contributed by atoms with Crippen LogP contribution in [-0.4, -0.2) is 25.7 Å². The predicted octanol–water partition coefficient (Wildman–Crippen LogP) is 5.55. The highest BCUT2D eigenvalue weighted by Gasteiger charge is 2.65. The van der Waals surface area contributed by atoms with E-state index in [1.807, 2.05) is 0 Å². The van der Waals surface area contributed by atoms with Crippen LogP contribution in [0, 0.1) is 0 Å². The van der Waals surface area contributed by atoms with Gasteiger partial charge in [-0.2, -0.15) is 0 Å². The van der Waals surface area contributed by atoms with Crippen molar-refractivity contribution in [1.82, 2.24) is 25.2 Å². The monoisotopic (exact) mass is 482 g/mol. The number of aromatic nitrogens is 4. The van der Waals surface area contributed by atoms with E-state index >= 15 is 0 Å². The Morgan fingerprint density at radius 2 is 1.81 bits per heavy atom. The van der Waals surface area contributed by atoms with E-state index in [4.69, 9.17) is 0 Å². The third-order valence-corrected chi connectivity index (χ3v) is 4.88. The number of pyridine rings is 1. The number of hydrogen-bond donors (Lipinski definition) is 2. The van der Waals surface area contributed by atoms with Crippen LogP contribution in [0.2, 0.25) is 0 Å². The summed E-state index contributed by atoms with van der Waals surface area (Å²) in [6, 6.07) is 5.17. The molecule has 0 atom stereocenters. The summed E-state index contributed by atoms with van der Waals surface area (Å²) in [5.41, 5.74) is 2.81. The van der Waals surface area contributed by atoms with Crippen molar-refractivity contribution in [2.24, 2.45) is 0 Å². The molecule has 172 valence electrons. The number of benzene rings is 1. The van der Waals surface area contributed by atoms with Gasteiger partial charge in [-0.15, -0.1) is 5.10 Å². The van der Waals surface area contributed by atoms with Crippen LogP contribution in [0.1, 0.15) is 12.0 Å². The fraction of sp³-hybridized carbons (Fsp3) is 0.0588. The summed E-state index contributed by atoms with van der Waals surface area (Å²) >= 11 is 0. The molecule has 2 aromatic heterocycles. The quantitative estimate of drug-likeness (QED) is 0.262. The van der Waals surface area contributed by atoms with Crippen molar-refractivity contribution in [2.75, 3.05) is 5.43 Å². The molecule has 0 fully saturated rings. The van der Waals surface area contributed by atoms with Crippen LogP contribution in [0.4, 0.5) is 34.0 Å². The first-order valence-corrected chi connectivity index (χ1v) is 10.4. The first-order valence-electron chi connectivity index (χ1n) is 8.45. The minimum absolute atomic E-state index is 0.000309. The minimum Gasteiger partial charge on any atom is -0.282 e. The van der Waals surface area contributed by atoms with Gasteiger partial charge in [0.15, 0.2) is 5.82 Å². The van der Waals surface area contributed by atoms with Gasteiger partial charge in [-0.1, -0.05) is 25.5 Å². The molecule has 0 spiro atoms. The highest BCUT2D eigenvalue weighted by molar-refractivity contribution is 8.45. The normalized spacial score (nSPS) is 14.2. The number of nitrogens with zero attached hydrogens (tertiary/aromatic N) is 4. The van der Waals surface area contributed by atoms with Gasteiger partial charge in [-0.25, -0.2) is 23.4 Å². The molecule has 1 aromatic carbocycles. The van der Waals surface area contributed by atoms with Gasteiger partial charge in [0, 0.05) is 29.6 Å². The van der Waals surface area contributed by atoms with Crippen molar-refractivity contribution in [3.63, 3.8) is 0 Å². The second-order valence-corrected chi connectivity index (χ2v) is 8.66. The maximum atomic E-state index is 13.1. The topological polar surface area (TPSA) is 84.7 Å². The molecule has 0 radical (unpaired) electrons. The Hall–Kier alpha value is -3.62. The molecule has 0 saturated carbocycles. The van der Waals surface area contributed by atoms with Crippen LogP contribution < -0.4 is 10.9 Å². The van der Waals surface area contributed by atoms with Crippen LogP contribution in [-0.2, 0) is 4.79 Å². The molecule has 0 aliphatic heterocycles. The predicted molar refractivity (Wildman–Crippen MR) is 103 cm³/mol. The lowest BCUT2D eigenvalue weighted by Crippen LogP contribution is -2.28. The van der Waals surface area contributed by atoms with Gasteiger partial charge in [0.25, 0.3) is 12.3 Å². The van der Waals surface area contributed by atoms with Crippen molar-refractivity contribution >= 4 is 28.1 Å². The highest BCUT2D eigenvalue weighted by atomic mass is 32.5. The molecular weight excluding hydrogens is 469 g/mol. The number of amides is 1. The SMILES string of the molecule is O=C(/C=C\n1cnc(-c2cc(C(F)F)cc(S(F)(F)(F)(F)F)c2)n1)NNc1ccccn1. The van der Waals surface area contributed by atoms with Crippen molar-refractivity contribution in [2.45, 2.75) is 11.3 Å². The van der Waals surface area contributed by atoms with Gasteiger partial charge in [-0.3, -0.25) is 15.6 Å². The zero-order valence-electron chi connectivity index (χ0n) is 15.6. The summed E-state index contributed by atoms with van der Waals surface area (Å²) in [7, 11) is -10.2. The van der Waals surface area contributed by atoms with Gasteiger partial charge in [0.1, 0.15) is 17.0 Å². The van der Waals surface area contributed by atoms with Gasteiger partial charge < -0.3 is 0 Å². The maximum Gasteiger partial charge on any atom is 0.310 e. The Morgan fingerprint density at radius 1 is 1.06 bits per heavy atom. The van der Waals surface area contributed by atoms with Crippen molar-refractivity contribution < 1.29 is 33.0 Å². The van der Waals surface area contributed by atoms with E-state index in [2.05, 4.69) is 25.9 Å². The summed E-state index contributed by atoms with van der Waals surface area (Å²) in [5.74, 6) is -0.862. The van der Waals surface area contributed by atoms with E-state index in [0.29, 0.717) is 11.9 Å². The molecule has 0 unspecified atom stereocenters. The minimum atomic E-state index is -10.2. The third-order valence-electron chi connectivity index (χ3n) is 3.75. The average molecular weight is 482 g/mol. The lowest BCUT2D eigenvalue weighted by atomic mass is 10.1. The van der Waals surface area contributed by atoms with Crippen LogP contribution in [0.5, 0.6) is 0 Å². The number of hydrazine groups is 1. The number of rotatable bonds is 7. The van der Waals surface area contributed by atoms with Crippen molar-refractivity contribution in [3.8, 4) is 11.4 Å². The number of halogens is 7. The summed E-state index contributed by atoms with van der Waals surface area (Å²) in [6.45, 7) is 0. The summed E-state index contributed by atoms with van der Waals surface area (Å²) in [4.78, 5) is 16.8. The molecule has 0 aliphatic carbocycles. The van der Waals surface area contributed by atoms with Gasteiger partial charge in [-0.05, 0) is 30.3 Å². The standard InChI is InChI=1S/C17H13F7N6OS/c18-16(19)11-7-12(9-13(8-11)32(20,21,22,23)24)17-26-10-30(29-17)6-4-15(31)28-27-14-3-1-2-5-25-14/h1-10,16H,(H,25,27)(H,28,31)/b6-4-. The number of alkyl halides is 2. The maximum absolute atomic E-state index is 13.1. The van der Waals surface area contributed by atoms with E-state index in [0.717, 1.165) is 23.3 Å². The first-order chi connectivity index (χ1) is 14.7.